The highest BCUT2D eigenvalue weighted by Crippen LogP contribution is 2.26. The van der Waals surface area contributed by atoms with Crippen molar-refractivity contribution in [3.63, 3.8) is 0 Å². The van der Waals surface area contributed by atoms with Crippen molar-refractivity contribution in [2.75, 3.05) is 0 Å². The molecule has 0 N–H and O–H groups in total. The summed E-state index contributed by atoms with van der Waals surface area (Å²) in [5, 5.41) is 9.05. The molecule has 0 aliphatic heterocycles. The summed E-state index contributed by atoms with van der Waals surface area (Å²) >= 11 is 0. The van der Waals surface area contributed by atoms with Crippen molar-refractivity contribution in [2.45, 2.75) is 20.3 Å². The first-order valence-corrected chi connectivity index (χ1v) is 6.71. The molecular weight excluding hydrogens is 265 g/mol. The molecule has 0 unspecified atom stereocenters. The highest BCUT2D eigenvalue weighted by atomic mass is 19.1. The molecular formula is C17H14FN3. The summed E-state index contributed by atoms with van der Waals surface area (Å²) in [6, 6.07) is 11.2. The van der Waals surface area contributed by atoms with Crippen LogP contribution in [-0.4, -0.2) is 9.38 Å². The Hall–Kier alpha value is -2.67. The van der Waals surface area contributed by atoms with Gasteiger partial charge in [0.05, 0.1) is 23.9 Å². The Kier molecular flexibility index (Phi) is 3.19. The Bertz CT molecular complexity index is 872. The molecule has 0 aliphatic rings. The second kappa shape index (κ2) is 5.02. The van der Waals surface area contributed by atoms with Gasteiger partial charge in [0, 0.05) is 11.8 Å². The molecule has 0 saturated heterocycles. The number of nitriles is 1. The minimum Gasteiger partial charge on any atom is -0.299 e. The van der Waals surface area contributed by atoms with E-state index in [1.807, 2.05) is 32.0 Å². The Morgan fingerprint density at radius 3 is 2.71 bits per heavy atom. The Morgan fingerprint density at radius 2 is 2.00 bits per heavy atom. The van der Waals surface area contributed by atoms with E-state index in [2.05, 4.69) is 11.1 Å². The number of rotatable bonds is 2. The number of imidazole rings is 1. The summed E-state index contributed by atoms with van der Waals surface area (Å²) < 4.78 is 15.1. The van der Waals surface area contributed by atoms with Crippen LogP contribution in [0.1, 0.15) is 16.8 Å². The van der Waals surface area contributed by atoms with Crippen molar-refractivity contribution >= 4 is 5.65 Å². The van der Waals surface area contributed by atoms with E-state index < -0.39 is 0 Å². The highest BCUT2D eigenvalue weighted by Gasteiger charge is 2.14. The van der Waals surface area contributed by atoms with Crippen molar-refractivity contribution < 1.29 is 4.39 Å². The molecule has 0 radical (unpaired) electrons. The van der Waals surface area contributed by atoms with Crippen LogP contribution in [0.25, 0.3) is 16.9 Å². The van der Waals surface area contributed by atoms with Crippen LogP contribution in [0.5, 0.6) is 0 Å². The summed E-state index contributed by atoms with van der Waals surface area (Å²) in [7, 11) is 0. The van der Waals surface area contributed by atoms with Gasteiger partial charge in [-0.15, -0.1) is 0 Å². The maximum Gasteiger partial charge on any atom is 0.139 e. The molecule has 0 bridgehead atoms. The lowest BCUT2D eigenvalue weighted by atomic mass is 10.0. The third-order valence-electron chi connectivity index (χ3n) is 3.71. The quantitative estimate of drug-likeness (QED) is 0.715. The summed E-state index contributed by atoms with van der Waals surface area (Å²) in [5.41, 5.74) is 5.43. The molecule has 3 nitrogen and oxygen atoms in total. The van der Waals surface area contributed by atoms with Crippen LogP contribution in [0.3, 0.4) is 0 Å². The van der Waals surface area contributed by atoms with E-state index in [1.165, 1.54) is 23.4 Å². The zero-order chi connectivity index (χ0) is 15.0. The van der Waals surface area contributed by atoms with Crippen LogP contribution in [0.4, 0.5) is 4.39 Å². The van der Waals surface area contributed by atoms with Crippen LogP contribution in [-0.2, 0) is 6.42 Å². The standard InChI is InChI=1S/C17H14FN3/c1-11-3-4-13(9-12(11)2)17-15(7-8-19)21-10-14(18)5-6-16(21)20-17/h3-6,9-10H,7H2,1-2H3. The average molecular weight is 279 g/mol. The average Bonchev–Trinajstić information content (AvgIpc) is 2.81. The second-order valence-corrected chi connectivity index (χ2v) is 5.12. The normalized spacial score (nSPS) is 10.8. The molecule has 3 rings (SSSR count). The van der Waals surface area contributed by atoms with E-state index >= 15 is 0 Å². The van der Waals surface area contributed by atoms with Gasteiger partial charge >= 0.3 is 0 Å². The van der Waals surface area contributed by atoms with E-state index in [0.29, 0.717) is 5.65 Å². The largest absolute Gasteiger partial charge is 0.299 e. The van der Waals surface area contributed by atoms with E-state index in [4.69, 9.17) is 5.26 Å². The molecule has 0 spiro atoms. The van der Waals surface area contributed by atoms with Crippen LogP contribution >= 0.6 is 0 Å². The van der Waals surface area contributed by atoms with E-state index in [9.17, 15) is 4.39 Å². The smallest absolute Gasteiger partial charge is 0.139 e. The summed E-state index contributed by atoms with van der Waals surface area (Å²) in [4.78, 5) is 4.56. The zero-order valence-corrected chi connectivity index (χ0v) is 11.9. The van der Waals surface area contributed by atoms with Crippen molar-refractivity contribution in [3.05, 3.63) is 59.2 Å². The number of aryl methyl sites for hydroxylation is 2. The maximum absolute atomic E-state index is 13.5. The van der Waals surface area contributed by atoms with Crippen molar-refractivity contribution in [2.24, 2.45) is 0 Å². The maximum atomic E-state index is 13.5. The van der Waals surface area contributed by atoms with Gasteiger partial charge in [0.25, 0.3) is 0 Å². The topological polar surface area (TPSA) is 41.1 Å². The van der Waals surface area contributed by atoms with Gasteiger partial charge < -0.3 is 0 Å². The van der Waals surface area contributed by atoms with Gasteiger partial charge in [-0.1, -0.05) is 12.1 Å². The fourth-order valence-corrected chi connectivity index (χ4v) is 2.43. The summed E-state index contributed by atoms with van der Waals surface area (Å²) in [6.07, 6.45) is 1.56. The lowest BCUT2D eigenvalue weighted by molar-refractivity contribution is 0.618. The number of pyridine rings is 1. The lowest BCUT2D eigenvalue weighted by Gasteiger charge is -2.05. The number of fused-ring (bicyclic) bond motifs is 1. The molecule has 2 aromatic heterocycles. The first-order valence-electron chi connectivity index (χ1n) is 6.71. The molecule has 2 heterocycles. The molecule has 104 valence electrons. The molecule has 21 heavy (non-hydrogen) atoms. The number of halogens is 1. The number of hydrogen-bond acceptors (Lipinski definition) is 2. The number of benzene rings is 1. The van der Waals surface area contributed by atoms with Crippen LogP contribution < -0.4 is 0 Å². The Balaban J connectivity index is 2.28. The predicted octanol–water partition coefficient (Wildman–Crippen LogP) is 3.82. The van der Waals surface area contributed by atoms with Gasteiger partial charge in [0.1, 0.15) is 11.5 Å². The molecule has 0 fully saturated rings. The molecule has 0 atom stereocenters. The zero-order valence-electron chi connectivity index (χ0n) is 11.9. The van der Waals surface area contributed by atoms with Gasteiger partial charge in [-0.2, -0.15) is 5.26 Å². The van der Waals surface area contributed by atoms with E-state index in [0.717, 1.165) is 17.0 Å². The fourth-order valence-electron chi connectivity index (χ4n) is 2.43. The molecule has 3 aromatic rings. The lowest BCUT2D eigenvalue weighted by Crippen LogP contribution is -1.95. The second-order valence-electron chi connectivity index (χ2n) is 5.12. The van der Waals surface area contributed by atoms with Gasteiger partial charge in [0.15, 0.2) is 0 Å². The summed E-state index contributed by atoms with van der Waals surface area (Å²) in [5.74, 6) is -0.342. The Labute approximate surface area is 122 Å². The first-order chi connectivity index (χ1) is 10.1. The van der Waals surface area contributed by atoms with E-state index in [1.54, 1.807) is 10.5 Å². The van der Waals surface area contributed by atoms with Crippen LogP contribution in [0.15, 0.2) is 36.5 Å². The third kappa shape index (κ3) is 2.27. The molecule has 0 saturated carbocycles. The van der Waals surface area contributed by atoms with Gasteiger partial charge in [-0.05, 0) is 43.2 Å². The first kappa shape index (κ1) is 13.3. The fraction of sp³-hybridized carbons (Fsp3) is 0.176. The van der Waals surface area contributed by atoms with Crippen molar-refractivity contribution in [3.8, 4) is 17.3 Å². The van der Waals surface area contributed by atoms with Gasteiger partial charge in [0.2, 0.25) is 0 Å². The SMILES string of the molecule is Cc1ccc(-c2nc3ccc(F)cn3c2CC#N)cc1C. The van der Waals surface area contributed by atoms with Crippen molar-refractivity contribution in [1.82, 2.24) is 9.38 Å². The minimum atomic E-state index is -0.342. The van der Waals surface area contributed by atoms with E-state index in [-0.39, 0.29) is 12.2 Å². The van der Waals surface area contributed by atoms with Crippen LogP contribution in [0, 0.1) is 31.0 Å². The van der Waals surface area contributed by atoms with Crippen molar-refractivity contribution in [1.29, 1.82) is 5.26 Å². The number of aromatic nitrogens is 2. The molecule has 0 aliphatic carbocycles. The Morgan fingerprint density at radius 1 is 1.19 bits per heavy atom. The number of hydrogen-bond donors (Lipinski definition) is 0. The third-order valence-corrected chi connectivity index (χ3v) is 3.71. The minimum absolute atomic E-state index is 0.187. The molecule has 0 amide bonds. The van der Waals surface area contributed by atoms with Gasteiger partial charge in [-0.3, -0.25) is 4.40 Å². The van der Waals surface area contributed by atoms with Gasteiger partial charge in [-0.25, -0.2) is 9.37 Å². The predicted molar refractivity (Wildman–Crippen MR) is 79.4 cm³/mol. The summed E-state index contributed by atoms with van der Waals surface area (Å²) in [6.45, 7) is 4.09. The molecule has 4 heteroatoms. The highest BCUT2D eigenvalue weighted by molar-refractivity contribution is 5.68. The number of nitrogens with zero attached hydrogens (tertiary/aromatic N) is 3. The molecule has 1 aromatic carbocycles. The monoisotopic (exact) mass is 279 g/mol. The van der Waals surface area contributed by atoms with Crippen LogP contribution in [0.2, 0.25) is 0 Å².